The lowest BCUT2D eigenvalue weighted by molar-refractivity contribution is 0.0995. The molecule has 1 unspecified atom stereocenters. The van der Waals surface area contributed by atoms with Gasteiger partial charge < -0.3 is 15.8 Å². The van der Waals surface area contributed by atoms with Crippen molar-refractivity contribution in [3.63, 3.8) is 0 Å². The summed E-state index contributed by atoms with van der Waals surface area (Å²) >= 11 is 0. The maximum absolute atomic E-state index is 11.9. The standard InChI is InChI=1S/C21H31N3O2/c1-21(2,3)14-8-9-16-13(11-14)12-17-18(23-16)15(7-5-4-6-10-25)19(24-17)20(22)26/h12,14,24-25H,4-11H2,1-3H3,(H2,22,26). The molecule has 0 radical (unpaired) electrons. The molecule has 0 spiro atoms. The van der Waals surface area contributed by atoms with Gasteiger partial charge in [-0.25, -0.2) is 0 Å². The third-order valence-electron chi connectivity index (χ3n) is 5.79. The molecule has 4 N–H and O–H groups in total. The lowest BCUT2D eigenvalue weighted by Gasteiger charge is -2.34. The summed E-state index contributed by atoms with van der Waals surface area (Å²) in [4.78, 5) is 20.1. The van der Waals surface area contributed by atoms with Crippen LogP contribution in [0.1, 0.15) is 73.8 Å². The zero-order valence-corrected chi connectivity index (χ0v) is 16.2. The van der Waals surface area contributed by atoms with E-state index in [0.717, 1.165) is 61.5 Å². The van der Waals surface area contributed by atoms with Crippen molar-refractivity contribution in [1.82, 2.24) is 9.97 Å². The molecule has 2 aromatic heterocycles. The van der Waals surface area contributed by atoms with E-state index in [-0.39, 0.29) is 6.61 Å². The molecule has 0 fully saturated rings. The summed E-state index contributed by atoms with van der Waals surface area (Å²) in [7, 11) is 0. The monoisotopic (exact) mass is 357 g/mol. The second-order valence-corrected chi connectivity index (χ2v) is 8.67. The zero-order chi connectivity index (χ0) is 18.9. The number of aliphatic hydroxyl groups is 1. The van der Waals surface area contributed by atoms with Gasteiger partial charge in [0, 0.05) is 17.9 Å². The molecule has 0 saturated carbocycles. The minimum absolute atomic E-state index is 0.206. The smallest absolute Gasteiger partial charge is 0.265 e. The average Bonchev–Trinajstić information content (AvgIpc) is 2.93. The number of H-pyrrole nitrogens is 1. The van der Waals surface area contributed by atoms with E-state index in [1.807, 2.05) is 0 Å². The Balaban J connectivity index is 1.95. The summed E-state index contributed by atoms with van der Waals surface area (Å²) in [5, 5.41) is 8.96. The van der Waals surface area contributed by atoms with E-state index in [4.69, 9.17) is 15.8 Å². The van der Waals surface area contributed by atoms with Crippen molar-refractivity contribution in [3.8, 4) is 0 Å². The van der Waals surface area contributed by atoms with Crippen LogP contribution in [-0.4, -0.2) is 27.6 Å². The number of unbranched alkanes of at least 4 members (excludes halogenated alkanes) is 2. The van der Waals surface area contributed by atoms with Crippen LogP contribution in [0.25, 0.3) is 11.0 Å². The fraction of sp³-hybridized carbons (Fsp3) is 0.619. The Morgan fingerprint density at radius 2 is 2.12 bits per heavy atom. The Hall–Kier alpha value is -1.88. The highest BCUT2D eigenvalue weighted by Gasteiger charge is 2.30. The average molecular weight is 357 g/mol. The predicted molar refractivity (Wildman–Crippen MR) is 104 cm³/mol. The van der Waals surface area contributed by atoms with E-state index in [0.29, 0.717) is 17.0 Å². The molecule has 2 aromatic rings. The fourth-order valence-corrected chi connectivity index (χ4v) is 4.10. The van der Waals surface area contributed by atoms with Crippen molar-refractivity contribution in [3.05, 3.63) is 28.6 Å². The summed E-state index contributed by atoms with van der Waals surface area (Å²) in [6.45, 7) is 7.12. The first-order valence-corrected chi connectivity index (χ1v) is 9.75. The van der Waals surface area contributed by atoms with E-state index >= 15 is 0 Å². The molecule has 0 bridgehead atoms. The number of nitrogens with one attached hydrogen (secondary N) is 1. The molecule has 2 heterocycles. The lowest BCUT2D eigenvalue weighted by Crippen LogP contribution is -2.27. The molecule has 1 amide bonds. The summed E-state index contributed by atoms with van der Waals surface area (Å²) in [5.41, 5.74) is 11.6. The second-order valence-electron chi connectivity index (χ2n) is 8.67. The van der Waals surface area contributed by atoms with Gasteiger partial charge in [-0.3, -0.25) is 9.78 Å². The van der Waals surface area contributed by atoms with Crippen molar-refractivity contribution in [2.45, 2.75) is 65.7 Å². The van der Waals surface area contributed by atoms with E-state index in [1.54, 1.807) is 0 Å². The summed E-state index contributed by atoms with van der Waals surface area (Å²) in [6, 6.07) is 2.18. The van der Waals surface area contributed by atoms with Crippen LogP contribution < -0.4 is 5.73 Å². The number of nitrogens with zero attached hydrogens (tertiary/aromatic N) is 1. The Morgan fingerprint density at radius 3 is 2.77 bits per heavy atom. The van der Waals surface area contributed by atoms with E-state index in [1.165, 1.54) is 11.3 Å². The molecule has 0 aromatic carbocycles. The van der Waals surface area contributed by atoms with Crippen LogP contribution in [0.3, 0.4) is 0 Å². The number of nitrogens with two attached hydrogens (primary N) is 1. The van der Waals surface area contributed by atoms with E-state index in [2.05, 4.69) is 31.8 Å². The third-order valence-corrected chi connectivity index (χ3v) is 5.79. The minimum atomic E-state index is -0.425. The Labute approximate surface area is 155 Å². The maximum Gasteiger partial charge on any atom is 0.265 e. The van der Waals surface area contributed by atoms with Crippen molar-refractivity contribution >= 4 is 16.9 Å². The van der Waals surface area contributed by atoms with E-state index in [9.17, 15) is 4.79 Å². The fourth-order valence-electron chi connectivity index (χ4n) is 4.10. The number of aryl methyl sites for hydroxylation is 2. The highest BCUT2D eigenvalue weighted by molar-refractivity contribution is 5.99. The summed E-state index contributed by atoms with van der Waals surface area (Å²) < 4.78 is 0. The number of rotatable bonds is 6. The Kier molecular flexibility index (Phi) is 5.37. The van der Waals surface area contributed by atoms with Crippen molar-refractivity contribution in [2.75, 3.05) is 6.61 Å². The van der Waals surface area contributed by atoms with Crippen LogP contribution in [-0.2, 0) is 19.3 Å². The van der Waals surface area contributed by atoms with Gasteiger partial charge in [-0.05, 0) is 61.5 Å². The van der Waals surface area contributed by atoms with E-state index < -0.39 is 5.91 Å². The maximum atomic E-state index is 11.9. The number of pyridine rings is 1. The SMILES string of the molecule is CC(C)(C)C1CCc2nc3c(CCCCCO)c(C(N)=O)[nH]c3cc2C1. The lowest BCUT2D eigenvalue weighted by atomic mass is 9.71. The van der Waals surface area contributed by atoms with Gasteiger partial charge >= 0.3 is 0 Å². The normalized spacial score (nSPS) is 17.5. The Bertz CT molecular complexity index is 802. The number of hydrogen-bond acceptors (Lipinski definition) is 3. The van der Waals surface area contributed by atoms with Crippen molar-refractivity contribution < 1.29 is 9.90 Å². The highest BCUT2D eigenvalue weighted by atomic mass is 16.2. The minimum Gasteiger partial charge on any atom is -0.396 e. The van der Waals surface area contributed by atoms with Crippen molar-refractivity contribution in [2.24, 2.45) is 17.1 Å². The first-order chi connectivity index (χ1) is 12.3. The Morgan fingerprint density at radius 1 is 1.35 bits per heavy atom. The molecule has 142 valence electrons. The van der Waals surface area contributed by atoms with Crippen LogP contribution in [0.4, 0.5) is 0 Å². The predicted octanol–water partition coefficient (Wildman–Crippen LogP) is 3.52. The largest absolute Gasteiger partial charge is 0.396 e. The number of carbonyl (C=O) groups excluding carboxylic acids is 1. The van der Waals surface area contributed by atoms with Crippen LogP contribution in [0.2, 0.25) is 0 Å². The van der Waals surface area contributed by atoms with Gasteiger partial charge in [0.2, 0.25) is 0 Å². The van der Waals surface area contributed by atoms with Gasteiger partial charge in [0.25, 0.3) is 5.91 Å². The number of primary amides is 1. The van der Waals surface area contributed by atoms with Gasteiger partial charge in [-0.1, -0.05) is 27.2 Å². The van der Waals surface area contributed by atoms with Gasteiger partial charge in [-0.15, -0.1) is 0 Å². The van der Waals surface area contributed by atoms with Gasteiger partial charge in [0.15, 0.2) is 0 Å². The molecule has 1 aliphatic rings. The number of aliphatic hydroxyl groups excluding tert-OH is 1. The molecule has 1 aliphatic carbocycles. The molecular weight excluding hydrogens is 326 g/mol. The molecule has 5 heteroatoms. The highest BCUT2D eigenvalue weighted by Crippen LogP contribution is 2.38. The molecule has 0 saturated heterocycles. The number of hydrogen-bond donors (Lipinski definition) is 3. The molecule has 0 aliphatic heterocycles. The first-order valence-electron chi connectivity index (χ1n) is 9.75. The van der Waals surface area contributed by atoms with Gasteiger partial charge in [-0.2, -0.15) is 0 Å². The van der Waals surface area contributed by atoms with Crippen LogP contribution in [0.15, 0.2) is 6.07 Å². The molecule has 3 rings (SSSR count). The van der Waals surface area contributed by atoms with Crippen LogP contribution in [0, 0.1) is 11.3 Å². The number of aromatic nitrogens is 2. The first kappa shape index (κ1) is 18.9. The van der Waals surface area contributed by atoms with Gasteiger partial charge in [0.1, 0.15) is 5.69 Å². The molecule has 1 atom stereocenters. The quantitative estimate of drug-likeness (QED) is 0.691. The number of amides is 1. The second kappa shape index (κ2) is 7.39. The zero-order valence-electron chi connectivity index (χ0n) is 16.2. The third kappa shape index (κ3) is 3.78. The van der Waals surface area contributed by atoms with Crippen LogP contribution in [0.5, 0.6) is 0 Å². The number of fused-ring (bicyclic) bond motifs is 2. The number of carbonyl (C=O) groups is 1. The van der Waals surface area contributed by atoms with Gasteiger partial charge in [0.05, 0.1) is 11.0 Å². The van der Waals surface area contributed by atoms with Crippen molar-refractivity contribution in [1.29, 1.82) is 0 Å². The topological polar surface area (TPSA) is 92.0 Å². The molecular formula is C21H31N3O2. The molecule has 5 nitrogen and oxygen atoms in total. The van der Waals surface area contributed by atoms with Crippen LogP contribution >= 0.6 is 0 Å². The summed E-state index contributed by atoms with van der Waals surface area (Å²) in [5.74, 6) is 0.225. The number of aromatic amines is 1. The molecule has 26 heavy (non-hydrogen) atoms. The summed E-state index contributed by atoms with van der Waals surface area (Å²) in [6.07, 6.45) is 6.58.